The Morgan fingerprint density at radius 1 is 1.14 bits per heavy atom. The fourth-order valence-corrected chi connectivity index (χ4v) is 6.93. The molecule has 3 aromatic rings. The zero-order chi connectivity index (χ0) is 20.4. The van der Waals surface area contributed by atoms with Crippen molar-refractivity contribution in [1.82, 2.24) is 4.98 Å². The molecule has 1 aromatic heterocycles. The normalized spacial score (nSPS) is 15.6. The Kier molecular flexibility index (Phi) is 6.30. The molecule has 4 nitrogen and oxygen atoms in total. The third kappa shape index (κ3) is 4.85. The zero-order valence-electron chi connectivity index (χ0n) is 15.6. The first-order chi connectivity index (χ1) is 13.9. The predicted molar refractivity (Wildman–Crippen MR) is 123 cm³/mol. The summed E-state index contributed by atoms with van der Waals surface area (Å²) < 4.78 is 26.9. The van der Waals surface area contributed by atoms with Crippen molar-refractivity contribution in [2.24, 2.45) is 0 Å². The second-order valence-corrected chi connectivity index (χ2v) is 11.5. The molecule has 0 spiro atoms. The van der Waals surface area contributed by atoms with Gasteiger partial charge in [-0.15, -0.1) is 11.3 Å². The van der Waals surface area contributed by atoms with E-state index in [4.69, 9.17) is 16.6 Å². The summed E-state index contributed by atoms with van der Waals surface area (Å²) in [7, 11) is -3.36. The van der Waals surface area contributed by atoms with E-state index < -0.39 is 9.84 Å². The van der Waals surface area contributed by atoms with Gasteiger partial charge in [0.15, 0.2) is 15.0 Å². The second-order valence-electron chi connectivity index (χ2n) is 7.12. The Morgan fingerprint density at radius 2 is 1.90 bits per heavy atom. The van der Waals surface area contributed by atoms with E-state index in [1.165, 1.54) is 11.6 Å². The number of aromatic nitrogens is 1. The van der Waals surface area contributed by atoms with Crippen molar-refractivity contribution >= 4 is 53.8 Å². The highest BCUT2D eigenvalue weighted by atomic mass is 79.9. The molecule has 8 heteroatoms. The van der Waals surface area contributed by atoms with Gasteiger partial charge in [0.2, 0.25) is 0 Å². The maximum atomic E-state index is 12.9. The average Bonchev–Trinajstić information content (AvgIpc) is 3.16. The van der Waals surface area contributed by atoms with Crippen molar-refractivity contribution in [3.05, 3.63) is 74.7 Å². The molecule has 0 bridgehead atoms. The van der Waals surface area contributed by atoms with Crippen LogP contribution in [0.3, 0.4) is 0 Å². The summed E-state index contributed by atoms with van der Waals surface area (Å²) in [4.78, 5) is 7.29. The van der Waals surface area contributed by atoms with Crippen LogP contribution in [0.5, 0.6) is 0 Å². The van der Waals surface area contributed by atoms with Gasteiger partial charge in [-0.3, -0.25) is 0 Å². The minimum Gasteiger partial charge on any atom is -0.348 e. The molecule has 4 rings (SSSR count). The molecule has 1 aliphatic rings. The molecule has 0 saturated carbocycles. The van der Waals surface area contributed by atoms with E-state index in [1.54, 1.807) is 29.5 Å². The number of nitrogens with zero attached hydrogens (tertiary/aromatic N) is 2. The van der Waals surface area contributed by atoms with Gasteiger partial charge in [-0.2, -0.15) is 0 Å². The van der Waals surface area contributed by atoms with Crippen molar-refractivity contribution in [1.29, 1.82) is 0 Å². The number of hydrogen-bond acceptors (Lipinski definition) is 5. The van der Waals surface area contributed by atoms with Gasteiger partial charge >= 0.3 is 0 Å². The molecule has 2 aromatic carbocycles. The highest BCUT2D eigenvalue weighted by molar-refractivity contribution is 9.10. The number of halogens is 2. The average molecular weight is 512 g/mol. The summed E-state index contributed by atoms with van der Waals surface area (Å²) in [5.74, 6) is 0. The third-order valence-corrected chi connectivity index (χ3v) is 9.03. The number of rotatable bonds is 5. The molecule has 29 heavy (non-hydrogen) atoms. The molecule has 0 atom stereocenters. The number of hydrogen-bond donors (Lipinski definition) is 0. The van der Waals surface area contributed by atoms with E-state index in [1.807, 2.05) is 12.1 Å². The van der Waals surface area contributed by atoms with Crippen molar-refractivity contribution in [3.8, 4) is 0 Å². The van der Waals surface area contributed by atoms with Gasteiger partial charge in [-0.05, 0) is 48.7 Å². The van der Waals surface area contributed by atoms with Crippen LogP contribution in [-0.4, -0.2) is 31.7 Å². The summed E-state index contributed by atoms with van der Waals surface area (Å²) in [6, 6.07) is 14.8. The summed E-state index contributed by atoms with van der Waals surface area (Å²) in [6.07, 6.45) is 1.97. The van der Waals surface area contributed by atoms with Crippen LogP contribution in [0.1, 0.15) is 24.1 Å². The van der Waals surface area contributed by atoms with Gasteiger partial charge < -0.3 is 4.90 Å². The van der Waals surface area contributed by atoms with Gasteiger partial charge in [0.05, 0.1) is 15.8 Å². The number of anilines is 1. The fraction of sp³-hybridized carbons (Fsp3) is 0.286. The lowest BCUT2D eigenvalue weighted by atomic mass is 10.1. The van der Waals surface area contributed by atoms with Gasteiger partial charge in [-0.1, -0.05) is 45.7 Å². The summed E-state index contributed by atoms with van der Waals surface area (Å²) in [5, 5.41) is 3.13. The third-order valence-electron chi connectivity index (χ3n) is 5.09. The molecule has 0 radical (unpaired) electrons. The minimum absolute atomic E-state index is 0.314. The molecule has 0 N–H and O–H groups in total. The lowest BCUT2D eigenvalue weighted by Crippen LogP contribution is -2.39. The second kappa shape index (κ2) is 8.76. The predicted octanol–water partition coefficient (Wildman–Crippen LogP) is 5.59. The lowest BCUT2D eigenvalue weighted by Gasteiger charge is -2.31. The fourth-order valence-electron chi connectivity index (χ4n) is 3.57. The van der Waals surface area contributed by atoms with Crippen LogP contribution in [0.4, 0.5) is 5.13 Å². The highest BCUT2D eigenvalue weighted by Gasteiger charge is 2.32. The van der Waals surface area contributed by atoms with Crippen molar-refractivity contribution in [2.75, 3.05) is 18.0 Å². The van der Waals surface area contributed by atoms with Crippen molar-refractivity contribution in [2.45, 2.75) is 29.4 Å². The molecule has 1 aliphatic heterocycles. The molecule has 1 fully saturated rings. The number of piperidine rings is 1. The Morgan fingerprint density at radius 3 is 2.62 bits per heavy atom. The van der Waals surface area contributed by atoms with Crippen molar-refractivity contribution < 1.29 is 8.42 Å². The number of thiazole rings is 1. The van der Waals surface area contributed by atoms with Crippen LogP contribution in [0, 0.1) is 0 Å². The standard InChI is InChI=1S/C21H20BrClN2O2S2/c22-16-4-1-3-15(11-16)12-18-14-28-21(24-18)25-9-7-19(8-10-25)29(26,27)20-6-2-5-17(23)13-20/h1-6,11,13-14,19H,7-10,12H2. The first-order valence-corrected chi connectivity index (χ1v) is 12.9. The molecular formula is C21H20BrClN2O2S2. The highest BCUT2D eigenvalue weighted by Crippen LogP contribution is 2.30. The van der Waals surface area contributed by atoms with Gasteiger partial charge in [-0.25, -0.2) is 13.4 Å². The lowest BCUT2D eigenvalue weighted by molar-refractivity contribution is 0.529. The van der Waals surface area contributed by atoms with E-state index >= 15 is 0 Å². The first-order valence-electron chi connectivity index (χ1n) is 9.35. The summed E-state index contributed by atoms with van der Waals surface area (Å²) in [6.45, 7) is 1.38. The minimum atomic E-state index is -3.36. The van der Waals surface area contributed by atoms with E-state index in [0.29, 0.717) is 35.8 Å². The molecular weight excluding hydrogens is 492 g/mol. The molecule has 1 saturated heterocycles. The number of benzene rings is 2. The SMILES string of the molecule is O=S(=O)(c1cccc(Cl)c1)C1CCN(c2nc(Cc3cccc(Br)c3)cs2)CC1. The molecule has 0 unspecified atom stereocenters. The van der Waals surface area contributed by atoms with Crippen molar-refractivity contribution in [3.63, 3.8) is 0 Å². The van der Waals surface area contributed by atoms with Crippen LogP contribution in [0.25, 0.3) is 0 Å². The maximum absolute atomic E-state index is 12.9. The molecule has 2 heterocycles. The zero-order valence-corrected chi connectivity index (χ0v) is 19.6. The molecule has 0 aliphatic carbocycles. The van der Waals surface area contributed by atoms with E-state index in [9.17, 15) is 8.42 Å². The van der Waals surface area contributed by atoms with E-state index in [-0.39, 0.29) is 5.25 Å². The largest absolute Gasteiger partial charge is 0.348 e. The van der Waals surface area contributed by atoms with E-state index in [2.05, 4.69) is 38.3 Å². The number of sulfone groups is 1. The van der Waals surface area contributed by atoms with Crippen LogP contribution in [0.15, 0.2) is 63.3 Å². The summed E-state index contributed by atoms with van der Waals surface area (Å²) >= 11 is 11.1. The molecule has 0 amide bonds. The Balaban J connectivity index is 1.40. The smallest absolute Gasteiger partial charge is 0.185 e. The van der Waals surface area contributed by atoms with Crippen LogP contribution >= 0.6 is 38.9 Å². The monoisotopic (exact) mass is 510 g/mol. The van der Waals surface area contributed by atoms with E-state index in [0.717, 1.165) is 21.7 Å². The maximum Gasteiger partial charge on any atom is 0.185 e. The van der Waals surface area contributed by atoms with Crippen LogP contribution in [0.2, 0.25) is 5.02 Å². The van der Waals surface area contributed by atoms with Gasteiger partial charge in [0, 0.05) is 34.4 Å². The Bertz CT molecular complexity index is 1110. The van der Waals surface area contributed by atoms with Crippen LogP contribution in [-0.2, 0) is 16.3 Å². The molecule has 152 valence electrons. The first kappa shape index (κ1) is 20.8. The van der Waals surface area contributed by atoms with Gasteiger partial charge in [0.25, 0.3) is 0 Å². The van der Waals surface area contributed by atoms with Crippen LogP contribution < -0.4 is 4.90 Å². The Labute approximate surface area is 188 Å². The topological polar surface area (TPSA) is 50.3 Å². The Hall–Kier alpha value is -1.41. The quantitative estimate of drug-likeness (QED) is 0.448. The summed E-state index contributed by atoms with van der Waals surface area (Å²) in [5.41, 5.74) is 2.25. The van der Waals surface area contributed by atoms with Gasteiger partial charge in [0.1, 0.15) is 0 Å².